The Morgan fingerprint density at radius 2 is 1.94 bits per heavy atom. The van der Waals surface area contributed by atoms with E-state index in [-0.39, 0.29) is 11.7 Å². The minimum atomic E-state index is 0.0978. The molecule has 1 aromatic rings. The van der Waals surface area contributed by atoms with Crippen LogP contribution in [-0.2, 0) is 4.79 Å². The second kappa shape index (κ2) is 6.43. The van der Waals surface area contributed by atoms with Crippen molar-refractivity contribution in [3.8, 4) is 5.75 Å². The number of ketones is 1. The number of ether oxygens (including phenoxy) is 1. The summed E-state index contributed by atoms with van der Waals surface area (Å²) in [5, 5.41) is 0. The van der Waals surface area contributed by atoms with Crippen LogP contribution in [0.2, 0.25) is 0 Å². The first-order valence-corrected chi connectivity index (χ1v) is 6.26. The van der Waals surface area contributed by atoms with Crippen molar-refractivity contribution < 1.29 is 9.53 Å². The molecule has 0 fully saturated rings. The summed E-state index contributed by atoms with van der Waals surface area (Å²) in [6.07, 6.45) is 0.490. The highest BCUT2D eigenvalue weighted by atomic mass is 16.5. The van der Waals surface area contributed by atoms with Gasteiger partial charge in [0, 0.05) is 12.3 Å². The maximum absolute atomic E-state index is 11.4. The summed E-state index contributed by atoms with van der Waals surface area (Å²) in [5.41, 5.74) is 1.26. The van der Waals surface area contributed by atoms with Crippen LogP contribution in [0.1, 0.15) is 45.6 Å². The summed E-state index contributed by atoms with van der Waals surface area (Å²) in [6.45, 7) is 8.62. The molecule has 0 heterocycles. The van der Waals surface area contributed by atoms with Gasteiger partial charge < -0.3 is 4.74 Å². The van der Waals surface area contributed by atoms with Crippen molar-refractivity contribution >= 4 is 5.78 Å². The zero-order chi connectivity index (χ0) is 12.8. The second-order valence-electron chi connectivity index (χ2n) is 4.95. The van der Waals surface area contributed by atoms with Crippen LogP contribution < -0.4 is 4.74 Å². The van der Waals surface area contributed by atoms with Crippen LogP contribution >= 0.6 is 0 Å². The molecule has 2 nitrogen and oxygen atoms in total. The molecule has 0 aliphatic rings. The predicted octanol–water partition coefficient (Wildman–Crippen LogP) is 3.80. The molecule has 0 atom stereocenters. The van der Waals surface area contributed by atoms with Crippen LogP contribution in [0.4, 0.5) is 0 Å². The van der Waals surface area contributed by atoms with Gasteiger partial charge in [-0.3, -0.25) is 4.79 Å². The summed E-state index contributed by atoms with van der Waals surface area (Å²) in [5.74, 6) is 1.70. The van der Waals surface area contributed by atoms with Crippen LogP contribution in [-0.4, -0.2) is 12.4 Å². The first-order valence-electron chi connectivity index (χ1n) is 6.26. The van der Waals surface area contributed by atoms with E-state index in [1.165, 1.54) is 5.56 Å². The van der Waals surface area contributed by atoms with Gasteiger partial charge in [0.15, 0.2) is 0 Å². The second-order valence-corrected chi connectivity index (χ2v) is 4.95. The van der Waals surface area contributed by atoms with Gasteiger partial charge in [-0.2, -0.15) is 0 Å². The summed E-state index contributed by atoms with van der Waals surface area (Å²) >= 11 is 0. The smallest absolute Gasteiger partial charge is 0.138 e. The third-order valence-corrected chi connectivity index (χ3v) is 2.79. The Bertz CT molecular complexity index is 367. The summed E-state index contributed by atoms with van der Waals surface area (Å²) < 4.78 is 5.60. The maximum atomic E-state index is 11.4. The van der Waals surface area contributed by atoms with Gasteiger partial charge in [0.2, 0.25) is 0 Å². The van der Waals surface area contributed by atoms with Gasteiger partial charge in [0.05, 0.1) is 6.61 Å². The molecule has 0 aliphatic heterocycles. The number of hydrogen-bond donors (Lipinski definition) is 0. The highest BCUT2D eigenvalue weighted by molar-refractivity contribution is 5.80. The number of Topliss-reactive ketones (excluding diaryl/α,β-unsaturated/α-hetero) is 1. The highest BCUT2D eigenvalue weighted by Crippen LogP contribution is 2.20. The van der Waals surface area contributed by atoms with E-state index in [4.69, 9.17) is 4.74 Å². The standard InChI is InChI=1S/C15H22O2/c1-11(2)13-6-5-7-14(10-13)17-9-8-15(16)12(3)4/h5-7,10-12H,8-9H2,1-4H3. The predicted molar refractivity (Wildman–Crippen MR) is 70.5 cm³/mol. The Kier molecular flexibility index (Phi) is 5.20. The van der Waals surface area contributed by atoms with Gasteiger partial charge >= 0.3 is 0 Å². The van der Waals surface area contributed by atoms with E-state index < -0.39 is 0 Å². The van der Waals surface area contributed by atoms with E-state index in [1.54, 1.807) is 0 Å². The first kappa shape index (κ1) is 13.8. The average molecular weight is 234 g/mol. The van der Waals surface area contributed by atoms with Crippen LogP contribution in [0.25, 0.3) is 0 Å². The van der Waals surface area contributed by atoms with Gasteiger partial charge in [0.25, 0.3) is 0 Å². The lowest BCUT2D eigenvalue weighted by molar-refractivity contribution is -0.122. The Labute approximate surface area is 104 Å². The van der Waals surface area contributed by atoms with Crippen molar-refractivity contribution in [2.75, 3.05) is 6.61 Å². The number of hydrogen-bond acceptors (Lipinski definition) is 2. The molecule has 0 amide bonds. The third kappa shape index (κ3) is 4.59. The zero-order valence-electron chi connectivity index (χ0n) is 11.2. The van der Waals surface area contributed by atoms with Gasteiger partial charge in [-0.25, -0.2) is 0 Å². The molecule has 0 aliphatic carbocycles. The van der Waals surface area contributed by atoms with E-state index in [1.807, 2.05) is 32.0 Å². The fourth-order valence-corrected chi connectivity index (χ4v) is 1.52. The molecule has 0 bridgehead atoms. The van der Waals surface area contributed by atoms with Crippen molar-refractivity contribution in [2.24, 2.45) is 5.92 Å². The first-order chi connectivity index (χ1) is 8.00. The lowest BCUT2D eigenvalue weighted by Gasteiger charge is -2.10. The molecule has 0 spiro atoms. The molecule has 0 radical (unpaired) electrons. The molecule has 0 unspecified atom stereocenters. The van der Waals surface area contributed by atoms with E-state index in [2.05, 4.69) is 19.9 Å². The Balaban J connectivity index is 2.47. The highest BCUT2D eigenvalue weighted by Gasteiger charge is 2.07. The van der Waals surface area contributed by atoms with E-state index in [0.717, 1.165) is 5.75 Å². The zero-order valence-corrected chi connectivity index (χ0v) is 11.2. The van der Waals surface area contributed by atoms with E-state index >= 15 is 0 Å². The molecule has 0 saturated carbocycles. The number of rotatable bonds is 6. The number of benzene rings is 1. The minimum Gasteiger partial charge on any atom is -0.493 e. The van der Waals surface area contributed by atoms with E-state index in [9.17, 15) is 4.79 Å². The third-order valence-electron chi connectivity index (χ3n) is 2.79. The molecule has 2 heteroatoms. The molecular formula is C15H22O2. The van der Waals surface area contributed by atoms with Crippen molar-refractivity contribution in [3.63, 3.8) is 0 Å². The lowest BCUT2D eigenvalue weighted by Crippen LogP contribution is -2.11. The van der Waals surface area contributed by atoms with Crippen LogP contribution in [0.15, 0.2) is 24.3 Å². The Morgan fingerprint density at radius 3 is 2.53 bits per heavy atom. The van der Waals surface area contributed by atoms with Gasteiger partial charge in [-0.05, 0) is 23.6 Å². The average Bonchev–Trinajstić information content (AvgIpc) is 2.29. The number of carbonyl (C=O) groups is 1. The summed E-state index contributed by atoms with van der Waals surface area (Å²) in [7, 11) is 0. The quantitative estimate of drug-likeness (QED) is 0.748. The van der Waals surface area contributed by atoms with E-state index in [0.29, 0.717) is 18.9 Å². The summed E-state index contributed by atoms with van der Waals surface area (Å²) in [4.78, 5) is 11.4. The molecule has 0 saturated heterocycles. The minimum absolute atomic E-state index is 0.0978. The van der Waals surface area contributed by atoms with Gasteiger partial charge in [0.1, 0.15) is 11.5 Å². The maximum Gasteiger partial charge on any atom is 0.138 e. The van der Waals surface area contributed by atoms with Crippen molar-refractivity contribution in [1.29, 1.82) is 0 Å². The monoisotopic (exact) mass is 234 g/mol. The Morgan fingerprint density at radius 1 is 1.24 bits per heavy atom. The van der Waals surface area contributed by atoms with Crippen LogP contribution in [0, 0.1) is 5.92 Å². The molecule has 1 rings (SSSR count). The number of carbonyl (C=O) groups excluding carboxylic acids is 1. The molecule has 17 heavy (non-hydrogen) atoms. The molecule has 94 valence electrons. The SMILES string of the molecule is CC(C)C(=O)CCOc1cccc(C(C)C)c1. The van der Waals surface area contributed by atoms with Gasteiger partial charge in [-0.15, -0.1) is 0 Å². The topological polar surface area (TPSA) is 26.3 Å². The molecule has 1 aromatic carbocycles. The van der Waals surface area contributed by atoms with Crippen molar-refractivity contribution in [3.05, 3.63) is 29.8 Å². The Hall–Kier alpha value is -1.31. The van der Waals surface area contributed by atoms with Crippen molar-refractivity contribution in [2.45, 2.75) is 40.0 Å². The summed E-state index contributed by atoms with van der Waals surface area (Å²) in [6, 6.07) is 8.07. The van der Waals surface area contributed by atoms with Crippen LogP contribution in [0.3, 0.4) is 0 Å². The molecule has 0 N–H and O–H groups in total. The molecule has 0 aromatic heterocycles. The normalized spacial score (nSPS) is 10.9. The largest absolute Gasteiger partial charge is 0.493 e. The van der Waals surface area contributed by atoms with Crippen molar-refractivity contribution in [1.82, 2.24) is 0 Å². The van der Waals surface area contributed by atoms with Gasteiger partial charge in [-0.1, -0.05) is 39.8 Å². The fraction of sp³-hybridized carbons (Fsp3) is 0.533. The van der Waals surface area contributed by atoms with Crippen LogP contribution in [0.5, 0.6) is 5.75 Å². The molecular weight excluding hydrogens is 212 g/mol. The fourth-order valence-electron chi connectivity index (χ4n) is 1.52. The lowest BCUT2D eigenvalue weighted by atomic mass is 10.0.